The summed E-state index contributed by atoms with van der Waals surface area (Å²) in [5.41, 5.74) is 13.3. The van der Waals surface area contributed by atoms with Gasteiger partial charge < -0.3 is 53.7 Å². The van der Waals surface area contributed by atoms with Crippen LogP contribution in [0.2, 0.25) is 15.1 Å². The maximum absolute atomic E-state index is 12.2. The van der Waals surface area contributed by atoms with Gasteiger partial charge in [0.15, 0.2) is 16.7 Å². The number of aryl methyl sites for hydroxylation is 4. The summed E-state index contributed by atoms with van der Waals surface area (Å²) < 4.78 is 14.2. The molecule has 15 rings (SSSR count). The van der Waals surface area contributed by atoms with E-state index in [2.05, 4.69) is 81.4 Å². The van der Waals surface area contributed by atoms with Gasteiger partial charge in [-0.25, -0.2) is 44.7 Å². The van der Waals surface area contributed by atoms with Gasteiger partial charge in [-0.15, -0.1) is 0 Å². The molecule has 0 aliphatic heterocycles. The number of hydrogen-bond donors (Lipinski definition) is 9. The van der Waals surface area contributed by atoms with Crippen LogP contribution in [0.25, 0.3) is 77.2 Å². The SMILES string of the molecule is C.CC(=O)c1ccc2c(c1)nc(NC(=S)n1ccnc1)n2C.CC(=O)c1ccc2c(c1)nc(Nc1nc3ccc(Cl)cc3[nH]1)n2C.COCCNC(=O)c1ccc2c(c1)nc(Nc1nc3ccc(Cl)cc3[nH]1)n2C.Cn1c(Nc2nc3ccc(Cl)cc3[nH]2)nc2cc(C(=O)O)ccc21. The molecule has 27 nitrogen and oxygen atoms in total. The van der Waals surface area contributed by atoms with Crippen molar-refractivity contribution in [2.45, 2.75) is 21.3 Å². The molecule has 7 aromatic carbocycles. The van der Waals surface area contributed by atoms with E-state index in [-0.39, 0.29) is 30.5 Å². The zero-order valence-electron chi connectivity index (χ0n) is 52.6. The first-order chi connectivity index (χ1) is 46.6. The molecule has 0 fully saturated rings. The van der Waals surface area contributed by atoms with Gasteiger partial charge >= 0.3 is 5.97 Å². The molecular formula is C67H62Cl3N21O6S. The van der Waals surface area contributed by atoms with Crippen LogP contribution in [0.15, 0.2) is 146 Å². The number of nitrogens with zero attached hydrogens (tertiary/aromatic N) is 13. The van der Waals surface area contributed by atoms with Crippen molar-refractivity contribution in [2.24, 2.45) is 28.2 Å². The Hall–Kier alpha value is -11.6. The van der Waals surface area contributed by atoms with Gasteiger partial charge in [0.05, 0.1) is 89.4 Å². The van der Waals surface area contributed by atoms with E-state index < -0.39 is 5.97 Å². The number of aromatic carboxylic acids is 1. The Balaban J connectivity index is 0.000000132. The number of halogens is 3. The number of carbonyl (C=O) groups excluding carboxylic acids is 3. The first kappa shape index (κ1) is 67.8. The van der Waals surface area contributed by atoms with Gasteiger partial charge in [0, 0.05) is 86.0 Å². The Morgan fingerprint density at radius 2 is 0.867 bits per heavy atom. The fourth-order valence-electron chi connectivity index (χ4n) is 10.3. The van der Waals surface area contributed by atoms with Crippen molar-refractivity contribution in [1.82, 2.24) is 83.0 Å². The third kappa shape index (κ3) is 14.8. The summed E-state index contributed by atoms with van der Waals surface area (Å²) in [4.78, 5) is 91.2. The van der Waals surface area contributed by atoms with E-state index in [1.807, 2.05) is 95.0 Å². The molecule has 9 N–H and O–H groups in total. The van der Waals surface area contributed by atoms with Crippen molar-refractivity contribution in [3.8, 4) is 0 Å². The average molecular weight is 1400 g/mol. The molecule has 15 aromatic rings. The Kier molecular flexibility index (Phi) is 19.9. The van der Waals surface area contributed by atoms with Crippen molar-refractivity contribution in [2.75, 3.05) is 41.5 Å². The van der Waals surface area contributed by atoms with Crippen LogP contribution in [0.5, 0.6) is 0 Å². The number of fused-ring (bicyclic) bond motifs is 7. The van der Waals surface area contributed by atoms with Crippen LogP contribution < -0.4 is 26.6 Å². The second kappa shape index (κ2) is 28.8. The summed E-state index contributed by atoms with van der Waals surface area (Å²) in [5, 5.41) is 26.8. The number of carboxylic acids is 1. The number of aromatic amines is 3. The van der Waals surface area contributed by atoms with Crippen LogP contribution in [-0.4, -0.2) is 132 Å². The number of carboxylic acid groups (broad SMARTS) is 1. The zero-order valence-corrected chi connectivity index (χ0v) is 55.7. The maximum atomic E-state index is 12.2. The van der Waals surface area contributed by atoms with Crippen molar-refractivity contribution < 1.29 is 29.0 Å². The minimum absolute atomic E-state index is 0. The summed E-state index contributed by atoms with van der Waals surface area (Å²) in [5.74, 6) is 2.99. The van der Waals surface area contributed by atoms with Crippen LogP contribution in [0.4, 0.5) is 41.6 Å². The summed E-state index contributed by atoms with van der Waals surface area (Å²) >= 11 is 23.3. The van der Waals surface area contributed by atoms with Crippen molar-refractivity contribution in [3.05, 3.63) is 183 Å². The molecule has 498 valence electrons. The number of Topliss-reactive ketones (excluding diaryl/α,β-unsaturated/α-hetero) is 2. The number of anilines is 7. The number of amides is 1. The van der Waals surface area contributed by atoms with E-state index in [4.69, 9.17) is 56.9 Å². The second-order valence-corrected chi connectivity index (χ2v) is 23.7. The second-order valence-electron chi connectivity index (χ2n) is 22.0. The van der Waals surface area contributed by atoms with Gasteiger partial charge in [0.25, 0.3) is 5.91 Å². The summed E-state index contributed by atoms with van der Waals surface area (Å²) in [7, 11) is 9.14. The Morgan fingerprint density at radius 3 is 1.24 bits per heavy atom. The first-order valence-corrected chi connectivity index (χ1v) is 31.1. The predicted molar refractivity (Wildman–Crippen MR) is 388 cm³/mol. The topological polar surface area (TPSA) is 333 Å². The maximum Gasteiger partial charge on any atom is 0.335 e. The van der Waals surface area contributed by atoms with E-state index in [9.17, 15) is 19.2 Å². The molecule has 8 aromatic heterocycles. The highest BCUT2D eigenvalue weighted by Gasteiger charge is 2.18. The first-order valence-electron chi connectivity index (χ1n) is 29.6. The molecule has 0 radical (unpaired) electrons. The molecular weight excluding hydrogens is 1330 g/mol. The lowest BCUT2D eigenvalue weighted by molar-refractivity contribution is 0.0696. The van der Waals surface area contributed by atoms with E-state index in [1.165, 1.54) is 6.92 Å². The van der Waals surface area contributed by atoms with Gasteiger partial charge in [-0.1, -0.05) is 42.2 Å². The van der Waals surface area contributed by atoms with Gasteiger partial charge in [0.1, 0.15) is 6.33 Å². The highest BCUT2D eigenvalue weighted by Crippen LogP contribution is 2.29. The Morgan fingerprint density at radius 1 is 0.500 bits per heavy atom. The average Bonchev–Trinajstić information content (AvgIpc) is 1.66. The highest BCUT2D eigenvalue weighted by molar-refractivity contribution is 7.80. The van der Waals surface area contributed by atoms with Crippen LogP contribution in [-0.2, 0) is 32.9 Å². The number of imidazole rings is 8. The third-order valence-corrected chi connectivity index (χ3v) is 16.4. The molecule has 0 saturated carbocycles. The normalized spacial score (nSPS) is 11.0. The number of ketones is 2. The summed E-state index contributed by atoms with van der Waals surface area (Å²) in [6.45, 7) is 4.01. The smallest absolute Gasteiger partial charge is 0.335 e. The van der Waals surface area contributed by atoms with Crippen molar-refractivity contribution in [3.63, 3.8) is 0 Å². The fraction of sp³-hybridized carbons (Fsp3) is 0.149. The number of nitrogens with one attached hydrogen (secondary N) is 8. The number of ether oxygens (including phenoxy) is 1. The number of rotatable bonds is 14. The number of thiocarbonyl (C=S) groups is 1. The number of H-pyrrole nitrogens is 3. The van der Waals surface area contributed by atoms with Gasteiger partial charge in [-0.2, -0.15) is 0 Å². The number of methoxy groups -OCH3 is 1. The minimum atomic E-state index is -0.980. The summed E-state index contributed by atoms with van der Waals surface area (Å²) in [6.07, 6.45) is 5.03. The standard InChI is InChI=1S/C19H19ClN6O2.C17H14ClN5O.C16H12ClN5O2.C14H13N5OS.CH4/c1-26-16-6-3-11(17(27)21-7-8-28-2)9-15(16)24-19(26)25-18-22-13-5-4-12(20)10-14(13)23-18;1-9(24)10-3-6-15-14(7-10)21-17(23(15)2)22-16-19-12-5-4-11(18)8-13(12)20-16;1-22-13-5-2-8(14(23)24)6-12(13)20-16(22)21-15-18-10-4-3-9(17)7-11(10)19-15;1-9(20)10-3-4-12-11(7-10)16-13(18(12)2)17-14(21)19-6-5-15-8-19;/h3-6,9-10H,7-8H2,1-2H3,(H,21,27)(H2,22,23,24,25);3-8H,1-2H3,(H2,19,20,21,22);2-7H,1H3,(H,23,24)(H2,18,19,20,21);3-8H,1-2H3,(H,16,17,21);1H4. The quantitative estimate of drug-likeness (QED) is 0.0277. The molecule has 0 aliphatic rings. The summed E-state index contributed by atoms with van der Waals surface area (Å²) in [6, 6.07) is 37.5. The van der Waals surface area contributed by atoms with E-state index in [0.29, 0.717) is 103 Å². The molecule has 0 spiro atoms. The number of hydrogen-bond acceptors (Lipinski definition) is 17. The van der Waals surface area contributed by atoms with Crippen LogP contribution in [0, 0.1) is 0 Å². The van der Waals surface area contributed by atoms with Gasteiger partial charge in [0.2, 0.25) is 41.6 Å². The molecule has 0 bridgehead atoms. The third-order valence-electron chi connectivity index (χ3n) is 15.4. The van der Waals surface area contributed by atoms with Gasteiger partial charge in [-0.05, 0) is 153 Å². The lowest BCUT2D eigenvalue weighted by Crippen LogP contribution is -2.26. The molecule has 1 amide bonds. The van der Waals surface area contributed by atoms with E-state index in [1.54, 1.807) is 116 Å². The molecule has 0 atom stereocenters. The lowest BCUT2D eigenvalue weighted by Gasteiger charge is -2.07. The van der Waals surface area contributed by atoms with Crippen molar-refractivity contribution in [1.29, 1.82) is 0 Å². The monoisotopic (exact) mass is 1390 g/mol. The number of benzene rings is 7. The van der Waals surface area contributed by atoms with Crippen LogP contribution in [0.3, 0.4) is 0 Å². The van der Waals surface area contributed by atoms with Crippen molar-refractivity contribution >= 4 is 194 Å². The number of carbonyl (C=O) groups is 4. The molecule has 98 heavy (non-hydrogen) atoms. The molecule has 8 heterocycles. The minimum Gasteiger partial charge on any atom is -0.478 e. The molecule has 0 unspecified atom stereocenters. The van der Waals surface area contributed by atoms with Crippen LogP contribution in [0.1, 0.15) is 62.7 Å². The fourth-order valence-corrected chi connectivity index (χ4v) is 11.0. The van der Waals surface area contributed by atoms with E-state index >= 15 is 0 Å². The molecule has 31 heteroatoms. The van der Waals surface area contributed by atoms with Gasteiger partial charge in [-0.3, -0.25) is 34.9 Å². The number of aromatic nitrogens is 16. The molecule has 0 saturated heterocycles. The largest absolute Gasteiger partial charge is 0.478 e. The molecule has 0 aliphatic carbocycles. The lowest BCUT2D eigenvalue weighted by atomic mass is 10.1. The Labute approximate surface area is 577 Å². The van der Waals surface area contributed by atoms with E-state index in [0.717, 1.165) is 66.2 Å². The Bertz CT molecular complexity index is 5370. The zero-order chi connectivity index (χ0) is 68.3. The van der Waals surface area contributed by atoms with Crippen LogP contribution >= 0.6 is 47.0 Å². The predicted octanol–water partition coefficient (Wildman–Crippen LogP) is 13.7. The highest BCUT2D eigenvalue weighted by atomic mass is 35.5.